The first-order valence-electron chi connectivity index (χ1n) is 5.24. The summed E-state index contributed by atoms with van der Waals surface area (Å²) in [4.78, 5) is 10.3. The van der Waals surface area contributed by atoms with Crippen LogP contribution in [0.1, 0.15) is 24.0 Å². The van der Waals surface area contributed by atoms with Gasteiger partial charge in [-0.25, -0.2) is 0 Å². The molecule has 0 fully saturated rings. The number of nitrogens with zero attached hydrogens (tertiary/aromatic N) is 6. The largest absolute Gasteiger partial charge is 0.316 e. The predicted molar refractivity (Wildman–Crippen MR) is 56.4 cm³/mol. The van der Waals surface area contributed by atoms with E-state index in [1.54, 1.807) is 17.9 Å². The Kier molecular flexibility index (Phi) is 1.97. The molecule has 0 aliphatic carbocycles. The van der Waals surface area contributed by atoms with Crippen LogP contribution in [0, 0.1) is 17.0 Å². The Morgan fingerprint density at radius 2 is 2.41 bits per heavy atom. The average molecular weight is 234 g/mol. The maximum absolute atomic E-state index is 10.8. The van der Waals surface area contributed by atoms with Crippen molar-refractivity contribution in [2.75, 3.05) is 0 Å². The van der Waals surface area contributed by atoms with Crippen molar-refractivity contribution in [3.8, 4) is 0 Å². The fraction of sp³-hybridized carbons (Fsp3) is 0.444. The maximum atomic E-state index is 10.8. The molecule has 1 aliphatic heterocycles. The lowest BCUT2D eigenvalue weighted by atomic mass is 10.2. The Bertz CT molecular complexity index is 586. The second-order valence-corrected chi connectivity index (χ2v) is 4.02. The molecule has 1 aliphatic rings. The van der Waals surface area contributed by atoms with Crippen LogP contribution >= 0.6 is 0 Å². The van der Waals surface area contributed by atoms with Gasteiger partial charge < -0.3 is 4.57 Å². The van der Waals surface area contributed by atoms with Gasteiger partial charge in [0.05, 0.1) is 4.92 Å². The van der Waals surface area contributed by atoms with Crippen LogP contribution in [0.25, 0.3) is 0 Å². The summed E-state index contributed by atoms with van der Waals surface area (Å²) < 4.78 is 3.55. The molecule has 8 nitrogen and oxygen atoms in total. The fourth-order valence-electron chi connectivity index (χ4n) is 2.15. The first-order chi connectivity index (χ1) is 8.16. The number of hydrogen-bond donors (Lipinski definition) is 0. The van der Waals surface area contributed by atoms with Crippen molar-refractivity contribution < 1.29 is 4.92 Å². The summed E-state index contributed by atoms with van der Waals surface area (Å²) in [6.07, 6.45) is 3.97. The van der Waals surface area contributed by atoms with Crippen molar-refractivity contribution in [3.63, 3.8) is 0 Å². The molecule has 0 amide bonds. The summed E-state index contributed by atoms with van der Waals surface area (Å²) in [5.74, 6) is 0.808. The van der Waals surface area contributed by atoms with E-state index in [0.717, 1.165) is 18.8 Å². The summed E-state index contributed by atoms with van der Waals surface area (Å²) in [6.45, 7) is 2.45. The highest BCUT2D eigenvalue weighted by molar-refractivity contribution is 5.31. The standard InChI is InChI=1S/C9H10N6O2/c1-6-8(15(16)17)4-14(12-6)7-2-3-13-5-10-11-9(7)13/h4-5,7H,2-3H2,1H3. The lowest BCUT2D eigenvalue weighted by Gasteiger charge is -2.06. The van der Waals surface area contributed by atoms with Gasteiger partial charge in [0.25, 0.3) is 0 Å². The Labute approximate surface area is 96.0 Å². The van der Waals surface area contributed by atoms with Gasteiger partial charge >= 0.3 is 5.69 Å². The smallest absolute Gasteiger partial charge is 0.309 e. The number of aryl methyl sites for hydroxylation is 2. The highest BCUT2D eigenvalue weighted by Crippen LogP contribution is 2.29. The number of nitro groups is 1. The fourth-order valence-corrected chi connectivity index (χ4v) is 2.15. The van der Waals surface area contributed by atoms with Crippen molar-refractivity contribution in [1.82, 2.24) is 24.5 Å². The molecule has 1 unspecified atom stereocenters. The molecular weight excluding hydrogens is 224 g/mol. The SMILES string of the molecule is Cc1nn(C2CCn3cnnc32)cc1[N+](=O)[O-]. The number of aromatic nitrogens is 5. The molecular formula is C9H10N6O2. The zero-order valence-electron chi connectivity index (χ0n) is 9.15. The molecule has 0 bridgehead atoms. The van der Waals surface area contributed by atoms with Gasteiger partial charge in [-0.15, -0.1) is 10.2 Å². The van der Waals surface area contributed by atoms with Gasteiger partial charge in [0.2, 0.25) is 0 Å². The van der Waals surface area contributed by atoms with Gasteiger partial charge in [-0.05, 0) is 13.3 Å². The first kappa shape index (κ1) is 9.94. The monoisotopic (exact) mass is 234 g/mol. The first-order valence-corrected chi connectivity index (χ1v) is 5.24. The number of fused-ring (bicyclic) bond motifs is 1. The van der Waals surface area contributed by atoms with E-state index < -0.39 is 4.92 Å². The van der Waals surface area contributed by atoms with Crippen molar-refractivity contribution >= 4 is 5.69 Å². The lowest BCUT2D eigenvalue weighted by molar-refractivity contribution is -0.385. The minimum Gasteiger partial charge on any atom is -0.316 e. The quantitative estimate of drug-likeness (QED) is 0.563. The van der Waals surface area contributed by atoms with Crippen LogP contribution in [0.15, 0.2) is 12.5 Å². The summed E-state index contributed by atoms with van der Waals surface area (Å²) in [5, 5.41) is 22.8. The number of hydrogen-bond acceptors (Lipinski definition) is 5. The van der Waals surface area contributed by atoms with E-state index in [1.807, 2.05) is 4.57 Å². The Balaban J connectivity index is 2.01. The second-order valence-electron chi connectivity index (χ2n) is 4.02. The molecule has 0 saturated carbocycles. The van der Waals surface area contributed by atoms with Crippen LogP contribution < -0.4 is 0 Å². The molecule has 0 saturated heterocycles. The van der Waals surface area contributed by atoms with Crippen LogP contribution in [0.2, 0.25) is 0 Å². The minimum absolute atomic E-state index is 0.0444. The van der Waals surface area contributed by atoms with Gasteiger partial charge in [-0.2, -0.15) is 5.10 Å². The van der Waals surface area contributed by atoms with Crippen LogP contribution in [0.5, 0.6) is 0 Å². The molecule has 0 spiro atoms. The van der Waals surface area contributed by atoms with Gasteiger partial charge in [0.15, 0.2) is 5.82 Å². The van der Waals surface area contributed by atoms with E-state index in [2.05, 4.69) is 15.3 Å². The molecule has 2 aromatic rings. The topological polar surface area (TPSA) is 91.7 Å². The molecule has 3 rings (SSSR count). The van der Waals surface area contributed by atoms with E-state index in [-0.39, 0.29) is 11.7 Å². The van der Waals surface area contributed by atoms with E-state index in [4.69, 9.17) is 0 Å². The third-order valence-electron chi connectivity index (χ3n) is 2.99. The summed E-state index contributed by atoms with van der Waals surface area (Å²) in [7, 11) is 0. The van der Waals surface area contributed by atoms with Gasteiger partial charge in [0, 0.05) is 6.54 Å². The third kappa shape index (κ3) is 1.41. The van der Waals surface area contributed by atoms with Crippen LogP contribution in [-0.4, -0.2) is 29.5 Å². The Hall–Kier alpha value is -2.25. The van der Waals surface area contributed by atoms with Crippen molar-refractivity contribution in [2.24, 2.45) is 0 Å². The molecule has 17 heavy (non-hydrogen) atoms. The Morgan fingerprint density at radius 3 is 3.12 bits per heavy atom. The normalized spacial score (nSPS) is 18.3. The van der Waals surface area contributed by atoms with Crippen molar-refractivity contribution in [3.05, 3.63) is 34.2 Å². The average Bonchev–Trinajstić information content (AvgIpc) is 2.89. The zero-order valence-corrected chi connectivity index (χ0v) is 9.15. The van der Waals surface area contributed by atoms with E-state index in [0.29, 0.717) is 5.69 Å². The molecule has 0 N–H and O–H groups in total. The zero-order chi connectivity index (χ0) is 12.0. The summed E-state index contributed by atoms with van der Waals surface area (Å²) >= 11 is 0. The van der Waals surface area contributed by atoms with Crippen LogP contribution in [0.3, 0.4) is 0 Å². The number of rotatable bonds is 2. The molecule has 0 radical (unpaired) electrons. The molecule has 2 aromatic heterocycles. The summed E-state index contributed by atoms with van der Waals surface area (Å²) in [5.41, 5.74) is 0.468. The second kappa shape index (κ2) is 3.37. The molecule has 1 atom stereocenters. The molecule has 0 aromatic carbocycles. The van der Waals surface area contributed by atoms with E-state index in [1.165, 1.54) is 6.20 Å². The summed E-state index contributed by atoms with van der Waals surface area (Å²) in [6, 6.07) is -0.0510. The molecule has 8 heteroatoms. The molecule has 88 valence electrons. The Morgan fingerprint density at radius 1 is 1.59 bits per heavy atom. The third-order valence-corrected chi connectivity index (χ3v) is 2.99. The minimum atomic E-state index is -0.418. The van der Waals surface area contributed by atoms with Gasteiger partial charge in [-0.3, -0.25) is 14.8 Å². The maximum Gasteiger partial charge on any atom is 0.309 e. The van der Waals surface area contributed by atoms with Crippen molar-refractivity contribution in [2.45, 2.75) is 25.9 Å². The van der Waals surface area contributed by atoms with E-state index >= 15 is 0 Å². The van der Waals surface area contributed by atoms with E-state index in [9.17, 15) is 10.1 Å². The highest BCUT2D eigenvalue weighted by Gasteiger charge is 2.29. The van der Waals surface area contributed by atoms with Crippen LogP contribution in [0.4, 0.5) is 5.69 Å². The highest BCUT2D eigenvalue weighted by atomic mass is 16.6. The molecule has 3 heterocycles. The van der Waals surface area contributed by atoms with Gasteiger partial charge in [-0.1, -0.05) is 0 Å². The van der Waals surface area contributed by atoms with Crippen LogP contribution in [-0.2, 0) is 6.54 Å². The van der Waals surface area contributed by atoms with Crippen molar-refractivity contribution in [1.29, 1.82) is 0 Å². The predicted octanol–water partition coefficient (Wildman–Crippen LogP) is 0.684. The lowest BCUT2D eigenvalue weighted by Crippen LogP contribution is -2.09. The van der Waals surface area contributed by atoms with Gasteiger partial charge in [0.1, 0.15) is 24.3 Å².